The number of anilines is 1. The van der Waals surface area contributed by atoms with Gasteiger partial charge in [0.05, 0.1) is 17.3 Å². The first kappa shape index (κ1) is 21.6. The first-order valence-corrected chi connectivity index (χ1v) is 9.29. The molecule has 0 aliphatic rings. The van der Waals surface area contributed by atoms with Crippen LogP contribution in [-0.2, 0) is 5.92 Å². The highest BCUT2D eigenvalue weighted by atomic mass is 19.3. The highest BCUT2D eigenvalue weighted by Gasteiger charge is 2.26. The molecule has 1 atom stereocenters. The Morgan fingerprint density at radius 3 is 2.61 bits per heavy atom. The zero-order chi connectivity index (χ0) is 22.8. The number of nitrogens with two attached hydrogens (primary N) is 1. The van der Waals surface area contributed by atoms with Gasteiger partial charge in [-0.3, -0.25) is 9.59 Å². The van der Waals surface area contributed by atoms with Crippen LogP contribution in [0.25, 0.3) is 5.69 Å². The van der Waals surface area contributed by atoms with Crippen molar-refractivity contribution in [2.24, 2.45) is 0 Å². The first-order valence-electron chi connectivity index (χ1n) is 9.29. The Morgan fingerprint density at radius 1 is 1.23 bits per heavy atom. The molecule has 1 amide bonds. The van der Waals surface area contributed by atoms with Crippen LogP contribution in [0.3, 0.4) is 0 Å². The molecule has 0 spiro atoms. The minimum Gasteiger partial charge on any atom is -0.399 e. The van der Waals surface area contributed by atoms with Crippen molar-refractivity contribution < 1.29 is 13.6 Å². The predicted molar refractivity (Wildman–Crippen MR) is 111 cm³/mol. The molecule has 1 aromatic heterocycles. The lowest BCUT2D eigenvalue weighted by molar-refractivity contribution is 0.0174. The van der Waals surface area contributed by atoms with Gasteiger partial charge in [-0.1, -0.05) is 12.1 Å². The Morgan fingerprint density at radius 2 is 1.94 bits per heavy atom. The van der Waals surface area contributed by atoms with Crippen LogP contribution in [0.5, 0.6) is 0 Å². The molecule has 0 fully saturated rings. The van der Waals surface area contributed by atoms with Gasteiger partial charge in [0.2, 0.25) is 0 Å². The van der Waals surface area contributed by atoms with Gasteiger partial charge in [0.15, 0.2) is 0 Å². The molecule has 0 saturated carbocycles. The number of aromatic nitrogens is 2. The van der Waals surface area contributed by atoms with E-state index in [0.29, 0.717) is 5.56 Å². The van der Waals surface area contributed by atoms with E-state index in [4.69, 9.17) is 5.73 Å². The second kappa shape index (κ2) is 8.36. The molecule has 0 bridgehead atoms. The summed E-state index contributed by atoms with van der Waals surface area (Å²) in [5.74, 6) is -3.71. The average molecular weight is 423 g/mol. The van der Waals surface area contributed by atoms with Gasteiger partial charge in [0.1, 0.15) is 11.8 Å². The molecule has 31 heavy (non-hydrogen) atoms. The summed E-state index contributed by atoms with van der Waals surface area (Å²) in [5.41, 5.74) is 5.89. The SMILES string of the molecule is C[C@@H](NC(=O)c1ccc(=O)n(-c2ccccc2C#N)n1)c1cc(N)cc(C(C)(F)F)c1. The molecule has 3 aromatic rings. The van der Waals surface area contributed by atoms with Crippen LogP contribution < -0.4 is 16.6 Å². The number of hydrogen-bond donors (Lipinski definition) is 2. The molecule has 0 radical (unpaired) electrons. The van der Waals surface area contributed by atoms with Gasteiger partial charge >= 0.3 is 0 Å². The Balaban J connectivity index is 1.91. The molecule has 1 heterocycles. The number of carbonyl (C=O) groups excluding carboxylic acids is 1. The van der Waals surface area contributed by atoms with Crippen LogP contribution in [-0.4, -0.2) is 15.7 Å². The second-order valence-electron chi connectivity index (χ2n) is 7.07. The zero-order valence-electron chi connectivity index (χ0n) is 16.8. The van der Waals surface area contributed by atoms with Crippen molar-refractivity contribution in [1.29, 1.82) is 5.26 Å². The lowest BCUT2D eigenvalue weighted by Crippen LogP contribution is -2.31. The Bertz CT molecular complexity index is 1240. The largest absolute Gasteiger partial charge is 0.399 e. The summed E-state index contributed by atoms with van der Waals surface area (Å²) in [6, 6.07) is 14.0. The second-order valence-corrected chi connectivity index (χ2v) is 7.07. The maximum atomic E-state index is 13.7. The van der Waals surface area contributed by atoms with Crippen LogP contribution in [0.4, 0.5) is 14.5 Å². The minimum absolute atomic E-state index is 0.0795. The molecule has 158 valence electrons. The van der Waals surface area contributed by atoms with E-state index in [2.05, 4.69) is 10.4 Å². The van der Waals surface area contributed by atoms with Crippen molar-refractivity contribution in [3.05, 3.63) is 87.3 Å². The number of carbonyl (C=O) groups is 1. The van der Waals surface area contributed by atoms with Crippen molar-refractivity contribution >= 4 is 11.6 Å². The topological polar surface area (TPSA) is 114 Å². The van der Waals surface area contributed by atoms with Crippen LogP contribution in [0.2, 0.25) is 0 Å². The third-order valence-electron chi connectivity index (χ3n) is 4.62. The standard InChI is InChI=1S/C22H19F2N5O2/c1-13(15-9-16(22(2,23)24)11-17(26)10-15)27-21(31)18-7-8-20(30)29(28-18)19-6-4-3-5-14(19)12-25/h3-11,13H,26H2,1-2H3,(H,27,31)/t13-/m1/s1. The molecule has 3 N–H and O–H groups in total. The number of nitriles is 1. The number of nitrogens with zero attached hydrogens (tertiary/aromatic N) is 3. The third kappa shape index (κ3) is 4.75. The minimum atomic E-state index is -3.08. The molecule has 0 aliphatic carbocycles. The maximum Gasteiger partial charge on any atom is 0.272 e. The van der Waals surface area contributed by atoms with Crippen molar-refractivity contribution in [1.82, 2.24) is 15.1 Å². The third-order valence-corrected chi connectivity index (χ3v) is 4.62. The molecular weight excluding hydrogens is 404 g/mol. The predicted octanol–water partition coefficient (Wildman–Crippen LogP) is 3.29. The van der Waals surface area contributed by atoms with Gasteiger partial charge in [0, 0.05) is 24.2 Å². The number of para-hydroxylation sites is 1. The van der Waals surface area contributed by atoms with E-state index >= 15 is 0 Å². The lowest BCUT2D eigenvalue weighted by Gasteiger charge is -2.18. The average Bonchev–Trinajstić information content (AvgIpc) is 2.73. The van der Waals surface area contributed by atoms with Gasteiger partial charge in [-0.25, -0.2) is 8.78 Å². The number of amides is 1. The molecule has 3 rings (SSSR count). The van der Waals surface area contributed by atoms with Crippen LogP contribution in [0.15, 0.2) is 59.4 Å². The summed E-state index contributed by atoms with van der Waals surface area (Å²) in [4.78, 5) is 25.0. The maximum absolute atomic E-state index is 13.7. The van der Waals surface area contributed by atoms with E-state index in [1.54, 1.807) is 19.1 Å². The number of alkyl halides is 2. The fraction of sp³-hybridized carbons (Fsp3) is 0.182. The number of rotatable bonds is 5. The number of halogens is 2. The number of nitrogen functional groups attached to an aromatic ring is 1. The molecule has 0 aliphatic heterocycles. The highest BCUT2D eigenvalue weighted by Crippen LogP contribution is 2.31. The first-order chi connectivity index (χ1) is 14.6. The molecule has 0 saturated heterocycles. The quantitative estimate of drug-likeness (QED) is 0.612. The molecule has 0 unspecified atom stereocenters. The Labute approximate surface area is 176 Å². The van der Waals surface area contributed by atoms with Gasteiger partial charge in [-0.15, -0.1) is 0 Å². The van der Waals surface area contributed by atoms with Crippen LogP contribution >= 0.6 is 0 Å². The van der Waals surface area contributed by atoms with E-state index in [-0.39, 0.29) is 28.2 Å². The van der Waals surface area contributed by atoms with Gasteiger partial charge in [-0.2, -0.15) is 15.0 Å². The van der Waals surface area contributed by atoms with E-state index in [9.17, 15) is 23.6 Å². The molecule has 7 nitrogen and oxygen atoms in total. The lowest BCUT2D eigenvalue weighted by atomic mass is 10.0. The fourth-order valence-electron chi connectivity index (χ4n) is 2.99. The van der Waals surface area contributed by atoms with E-state index in [1.165, 1.54) is 36.4 Å². The van der Waals surface area contributed by atoms with Crippen LogP contribution in [0, 0.1) is 11.3 Å². The van der Waals surface area contributed by atoms with Crippen molar-refractivity contribution in [3.8, 4) is 11.8 Å². The molecule has 9 heteroatoms. The Hall–Kier alpha value is -4.06. The number of benzene rings is 2. The van der Waals surface area contributed by atoms with E-state index in [0.717, 1.165) is 17.7 Å². The summed E-state index contributed by atoms with van der Waals surface area (Å²) >= 11 is 0. The van der Waals surface area contributed by atoms with E-state index in [1.807, 2.05) is 6.07 Å². The highest BCUT2D eigenvalue weighted by molar-refractivity contribution is 5.92. The summed E-state index contributed by atoms with van der Waals surface area (Å²) < 4.78 is 28.4. The van der Waals surface area contributed by atoms with Crippen molar-refractivity contribution in [3.63, 3.8) is 0 Å². The molecule has 2 aromatic carbocycles. The zero-order valence-corrected chi connectivity index (χ0v) is 16.8. The van der Waals surface area contributed by atoms with Crippen molar-refractivity contribution in [2.75, 3.05) is 5.73 Å². The monoisotopic (exact) mass is 423 g/mol. The fourth-order valence-corrected chi connectivity index (χ4v) is 2.99. The normalized spacial score (nSPS) is 12.1. The van der Waals surface area contributed by atoms with Crippen LogP contribution in [0.1, 0.15) is 47.1 Å². The van der Waals surface area contributed by atoms with Gasteiger partial charge in [0.25, 0.3) is 17.4 Å². The number of nitrogens with one attached hydrogen (secondary N) is 1. The summed E-state index contributed by atoms with van der Waals surface area (Å²) in [5, 5.41) is 16.0. The van der Waals surface area contributed by atoms with E-state index < -0.39 is 23.4 Å². The summed E-state index contributed by atoms with van der Waals surface area (Å²) in [7, 11) is 0. The van der Waals surface area contributed by atoms with Gasteiger partial charge in [-0.05, 0) is 48.9 Å². The smallest absolute Gasteiger partial charge is 0.272 e. The Kier molecular flexibility index (Phi) is 5.83. The summed E-state index contributed by atoms with van der Waals surface area (Å²) in [6.45, 7) is 2.38. The van der Waals surface area contributed by atoms with Gasteiger partial charge < -0.3 is 11.1 Å². The van der Waals surface area contributed by atoms with Crippen molar-refractivity contribution in [2.45, 2.75) is 25.8 Å². The summed E-state index contributed by atoms with van der Waals surface area (Å²) in [6.07, 6.45) is 0. The number of hydrogen-bond acceptors (Lipinski definition) is 5. The molecular formula is C22H19F2N5O2.